The van der Waals surface area contributed by atoms with Crippen molar-refractivity contribution in [3.63, 3.8) is 0 Å². The average Bonchev–Trinajstić information content (AvgIpc) is 2.74. The summed E-state index contributed by atoms with van der Waals surface area (Å²) in [5, 5.41) is 4.32. The maximum absolute atomic E-state index is 11.9. The lowest BCUT2D eigenvalue weighted by atomic mass is 9.98. The van der Waals surface area contributed by atoms with Crippen LogP contribution >= 0.6 is 0 Å². The molecule has 0 radical (unpaired) electrons. The number of sulfone groups is 1. The molecule has 0 bridgehead atoms. The molecule has 4 rings (SSSR count). The summed E-state index contributed by atoms with van der Waals surface area (Å²) < 4.78 is 29.3. The first-order chi connectivity index (χ1) is 15.2. The molecule has 170 valence electrons. The second-order valence-electron chi connectivity index (χ2n) is 8.30. The van der Waals surface area contributed by atoms with Gasteiger partial charge in [-0.25, -0.2) is 18.4 Å². The third kappa shape index (κ3) is 4.34. The van der Waals surface area contributed by atoms with E-state index in [0.29, 0.717) is 36.3 Å². The number of benzene rings is 1. The second-order valence-corrected chi connectivity index (χ2v) is 10.6. The highest BCUT2D eigenvalue weighted by Crippen LogP contribution is 2.34. The zero-order chi connectivity index (χ0) is 23.0. The molecule has 0 aliphatic carbocycles. The van der Waals surface area contributed by atoms with Crippen LogP contribution in [0.3, 0.4) is 0 Å². The van der Waals surface area contributed by atoms with Gasteiger partial charge in [0.05, 0.1) is 30.0 Å². The van der Waals surface area contributed by atoms with Crippen LogP contribution < -0.4 is 15.0 Å². The Kier molecular flexibility index (Phi) is 5.94. The van der Waals surface area contributed by atoms with Gasteiger partial charge in [0.15, 0.2) is 15.5 Å². The maximum Gasteiger partial charge on any atom is 0.239 e. The summed E-state index contributed by atoms with van der Waals surface area (Å²) in [5.41, 5.74) is 4.99. The van der Waals surface area contributed by atoms with Crippen molar-refractivity contribution >= 4 is 32.4 Å². The van der Waals surface area contributed by atoms with Crippen molar-refractivity contribution in [3.05, 3.63) is 46.8 Å². The number of ether oxygens (including phenoxy) is 1. The summed E-state index contributed by atoms with van der Waals surface area (Å²) in [4.78, 5) is 15.8. The van der Waals surface area contributed by atoms with Crippen LogP contribution in [0.1, 0.15) is 35.5 Å². The Morgan fingerprint density at radius 2 is 1.81 bits per heavy atom. The monoisotopic (exact) mass is 455 g/mol. The molecule has 1 fully saturated rings. The van der Waals surface area contributed by atoms with Crippen molar-refractivity contribution in [2.75, 3.05) is 41.9 Å². The van der Waals surface area contributed by atoms with Gasteiger partial charge in [0.25, 0.3) is 0 Å². The molecule has 1 N–H and O–H groups in total. The van der Waals surface area contributed by atoms with Crippen molar-refractivity contribution in [2.45, 2.75) is 33.7 Å². The molecule has 0 amide bonds. The number of pyridine rings is 1. The van der Waals surface area contributed by atoms with E-state index >= 15 is 0 Å². The highest BCUT2D eigenvalue weighted by molar-refractivity contribution is 7.91. The molecule has 1 aliphatic rings. The minimum absolute atomic E-state index is 0.0260. The summed E-state index contributed by atoms with van der Waals surface area (Å²) in [5.74, 6) is 1.98. The van der Waals surface area contributed by atoms with Crippen LogP contribution in [0.5, 0.6) is 5.88 Å². The predicted octanol–water partition coefficient (Wildman–Crippen LogP) is 3.37. The molecule has 1 atom stereocenters. The molecule has 3 aromatic rings. The molecule has 0 saturated carbocycles. The summed E-state index contributed by atoms with van der Waals surface area (Å²) in [6, 6.07) is 8.28. The Morgan fingerprint density at radius 1 is 1.09 bits per heavy atom. The molecular weight excluding hydrogens is 426 g/mol. The SMILES string of the molecule is COc1nc2nc(C)nc(N[C@H](C)c3cccc(C)c3C)c2cc1N1CCS(=O)(=O)CC1. The van der Waals surface area contributed by atoms with Gasteiger partial charge in [0, 0.05) is 13.1 Å². The molecule has 2 aromatic heterocycles. The van der Waals surface area contributed by atoms with Gasteiger partial charge >= 0.3 is 0 Å². The fraction of sp³-hybridized carbons (Fsp3) is 0.435. The van der Waals surface area contributed by atoms with Crippen LogP contribution in [-0.2, 0) is 9.84 Å². The Bertz CT molecular complexity index is 1260. The van der Waals surface area contributed by atoms with E-state index in [1.54, 1.807) is 7.11 Å². The van der Waals surface area contributed by atoms with E-state index in [2.05, 4.69) is 59.2 Å². The summed E-state index contributed by atoms with van der Waals surface area (Å²) in [7, 11) is -1.43. The number of aryl methyl sites for hydroxylation is 2. The second kappa shape index (κ2) is 8.54. The Morgan fingerprint density at radius 3 is 2.50 bits per heavy atom. The first-order valence-electron chi connectivity index (χ1n) is 10.7. The van der Waals surface area contributed by atoms with Crippen molar-refractivity contribution in [3.8, 4) is 5.88 Å². The van der Waals surface area contributed by atoms with E-state index in [4.69, 9.17) is 4.74 Å². The zero-order valence-corrected chi connectivity index (χ0v) is 20.0. The van der Waals surface area contributed by atoms with Crippen LogP contribution in [0.15, 0.2) is 24.3 Å². The van der Waals surface area contributed by atoms with E-state index in [0.717, 1.165) is 11.1 Å². The van der Waals surface area contributed by atoms with Crippen molar-refractivity contribution in [2.24, 2.45) is 0 Å². The van der Waals surface area contributed by atoms with E-state index in [1.165, 1.54) is 16.7 Å². The minimum atomic E-state index is -2.99. The van der Waals surface area contributed by atoms with E-state index in [1.807, 2.05) is 17.9 Å². The number of hydrogen-bond donors (Lipinski definition) is 1. The van der Waals surface area contributed by atoms with Crippen LogP contribution in [0.2, 0.25) is 0 Å². The lowest BCUT2D eigenvalue weighted by Gasteiger charge is -2.29. The summed E-state index contributed by atoms with van der Waals surface area (Å²) in [6.45, 7) is 8.99. The molecule has 1 saturated heterocycles. The third-order valence-electron chi connectivity index (χ3n) is 6.09. The number of hydrogen-bond acceptors (Lipinski definition) is 8. The van der Waals surface area contributed by atoms with Crippen LogP contribution in [0, 0.1) is 20.8 Å². The number of methoxy groups -OCH3 is 1. The van der Waals surface area contributed by atoms with Gasteiger partial charge in [-0.15, -0.1) is 0 Å². The standard InChI is InChI=1S/C23H29N5O3S/c1-14-7-6-8-18(15(14)2)16(3)24-21-19-13-20(28-9-11-32(29,30)12-10-28)23(31-5)27-22(19)26-17(4)25-21/h6-8,13,16H,9-12H2,1-5H3,(H,24,25,26,27)/t16-/m1/s1. The molecule has 1 aliphatic heterocycles. The summed E-state index contributed by atoms with van der Waals surface area (Å²) >= 11 is 0. The lowest BCUT2D eigenvalue weighted by molar-refractivity contribution is 0.399. The number of aromatic nitrogens is 3. The molecular formula is C23H29N5O3S. The smallest absolute Gasteiger partial charge is 0.239 e. The topological polar surface area (TPSA) is 97.3 Å². The Hall–Kier alpha value is -2.94. The molecule has 0 unspecified atom stereocenters. The molecule has 1 aromatic carbocycles. The van der Waals surface area contributed by atoms with Gasteiger partial charge in [-0.05, 0) is 50.5 Å². The normalized spacial score (nSPS) is 16.7. The molecule has 9 heteroatoms. The van der Waals surface area contributed by atoms with Gasteiger partial charge in [-0.3, -0.25) is 0 Å². The van der Waals surface area contributed by atoms with Gasteiger partial charge < -0.3 is 15.0 Å². The van der Waals surface area contributed by atoms with Gasteiger partial charge in [0.1, 0.15) is 17.3 Å². The maximum atomic E-state index is 11.9. The molecule has 8 nitrogen and oxygen atoms in total. The molecule has 32 heavy (non-hydrogen) atoms. The van der Waals surface area contributed by atoms with Crippen LogP contribution in [-0.4, -0.2) is 55.1 Å². The van der Waals surface area contributed by atoms with Gasteiger partial charge in [0.2, 0.25) is 5.88 Å². The molecule has 0 spiro atoms. The van der Waals surface area contributed by atoms with E-state index < -0.39 is 9.84 Å². The first kappa shape index (κ1) is 22.3. The largest absolute Gasteiger partial charge is 0.479 e. The van der Waals surface area contributed by atoms with Crippen molar-refractivity contribution in [1.82, 2.24) is 15.0 Å². The van der Waals surface area contributed by atoms with Gasteiger partial charge in [-0.2, -0.15) is 4.98 Å². The lowest BCUT2D eigenvalue weighted by Crippen LogP contribution is -2.40. The van der Waals surface area contributed by atoms with E-state index in [9.17, 15) is 8.42 Å². The summed E-state index contributed by atoms with van der Waals surface area (Å²) in [6.07, 6.45) is 0. The third-order valence-corrected chi connectivity index (χ3v) is 7.70. The van der Waals surface area contributed by atoms with Crippen molar-refractivity contribution < 1.29 is 13.2 Å². The number of rotatable bonds is 5. The minimum Gasteiger partial charge on any atom is -0.479 e. The number of fused-ring (bicyclic) bond motifs is 1. The molecule has 3 heterocycles. The Labute approximate surface area is 189 Å². The predicted molar refractivity (Wildman–Crippen MR) is 127 cm³/mol. The number of anilines is 2. The highest BCUT2D eigenvalue weighted by Gasteiger charge is 2.25. The van der Waals surface area contributed by atoms with Crippen molar-refractivity contribution in [1.29, 1.82) is 0 Å². The average molecular weight is 456 g/mol. The van der Waals surface area contributed by atoms with Crippen LogP contribution in [0.25, 0.3) is 11.0 Å². The van der Waals surface area contributed by atoms with E-state index in [-0.39, 0.29) is 17.5 Å². The Balaban J connectivity index is 1.76. The van der Waals surface area contributed by atoms with Crippen LogP contribution in [0.4, 0.5) is 11.5 Å². The fourth-order valence-electron chi connectivity index (χ4n) is 4.10. The highest BCUT2D eigenvalue weighted by atomic mass is 32.2. The number of nitrogens with zero attached hydrogens (tertiary/aromatic N) is 4. The quantitative estimate of drug-likeness (QED) is 0.625. The fourth-order valence-corrected chi connectivity index (χ4v) is 5.30. The zero-order valence-electron chi connectivity index (χ0n) is 19.1. The first-order valence-corrected chi connectivity index (χ1v) is 12.5. The van der Waals surface area contributed by atoms with Gasteiger partial charge in [-0.1, -0.05) is 18.2 Å². The number of nitrogens with one attached hydrogen (secondary N) is 1.